The van der Waals surface area contributed by atoms with Crippen LogP contribution in [-0.2, 0) is 4.79 Å². The Labute approximate surface area is 129 Å². The Balaban J connectivity index is 2.07. The Hall–Kier alpha value is -2.20. The van der Waals surface area contributed by atoms with Gasteiger partial charge in [-0.3, -0.25) is 9.69 Å². The Kier molecular flexibility index (Phi) is 3.71. The summed E-state index contributed by atoms with van der Waals surface area (Å²) in [5.41, 5.74) is 2.20. The van der Waals surface area contributed by atoms with Gasteiger partial charge in [0.1, 0.15) is 0 Å². The molecule has 2 aromatic carbocycles. The first-order valence-corrected chi connectivity index (χ1v) is 7.29. The van der Waals surface area contributed by atoms with E-state index in [0.29, 0.717) is 5.11 Å². The number of nitrogens with one attached hydrogen (secondary N) is 1. The highest BCUT2D eigenvalue weighted by Gasteiger charge is 2.40. The van der Waals surface area contributed by atoms with Gasteiger partial charge in [0.15, 0.2) is 5.11 Å². The molecule has 3 nitrogen and oxygen atoms in total. The van der Waals surface area contributed by atoms with Crippen LogP contribution in [0.5, 0.6) is 0 Å². The molecule has 1 aliphatic heterocycles. The smallest absolute Gasteiger partial charge is 0.226 e. The summed E-state index contributed by atoms with van der Waals surface area (Å²) in [6.07, 6.45) is 0. The second-order valence-corrected chi connectivity index (χ2v) is 5.47. The van der Waals surface area contributed by atoms with Gasteiger partial charge in [0, 0.05) is 6.92 Å². The topological polar surface area (TPSA) is 32.3 Å². The summed E-state index contributed by atoms with van der Waals surface area (Å²) in [6, 6.07) is 20.0. The summed E-state index contributed by atoms with van der Waals surface area (Å²) in [5, 5.41) is 3.78. The first kappa shape index (κ1) is 13.8. The van der Waals surface area contributed by atoms with E-state index >= 15 is 0 Å². The van der Waals surface area contributed by atoms with E-state index in [9.17, 15) is 4.79 Å². The van der Waals surface area contributed by atoms with Crippen LogP contribution < -0.4 is 5.32 Å². The largest absolute Gasteiger partial charge is 0.353 e. The molecule has 1 aliphatic rings. The summed E-state index contributed by atoms with van der Waals surface area (Å²) in [6.45, 7) is 1.55. The molecule has 2 atom stereocenters. The van der Waals surface area contributed by atoms with Crippen LogP contribution in [0.2, 0.25) is 0 Å². The second kappa shape index (κ2) is 5.66. The lowest BCUT2D eigenvalue weighted by Gasteiger charge is -2.25. The van der Waals surface area contributed by atoms with E-state index in [1.807, 2.05) is 48.5 Å². The van der Waals surface area contributed by atoms with Crippen molar-refractivity contribution < 1.29 is 4.79 Å². The van der Waals surface area contributed by atoms with Gasteiger partial charge < -0.3 is 5.32 Å². The fourth-order valence-corrected chi connectivity index (χ4v) is 3.18. The summed E-state index contributed by atoms with van der Waals surface area (Å²) >= 11 is 5.36. The van der Waals surface area contributed by atoms with Gasteiger partial charge >= 0.3 is 0 Å². The molecule has 21 heavy (non-hydrogen) atoms. The molecule has 0 aromatic heterocycles. The number of benzene rings is 2. The molecule has 0 unspecified atom stereocenters. The summed E-state index contributed by atoms with van der Waals surface area (Å²) in [5.74, 6) is -0.0419. The molecule has 106 valence electrons. The molecule has 4 heteroatoms. The average Bonchev–Trinajstić information content (AvgIpc) is 2.86. The minimum Gasteiger partial charge on any atom is -0.353 e. The molecule has 1 amide bonds. The molecular formula is C17H16N2OS. The molecule has 3 rings (SSSR count). The molecule has 0 aliphatic carbocycles. The van der Waals surface area contributed by atoms with Crippen molar-refractivity contribution >= 4 is 23.2 Å². The number of hydrogen-bond donors (Lipinski definition) is 1. The first-order chi connectivity index (χ1) is 10.2. The Morgan fingerprint density at radius 1 is 1.00 bits per heavy atom. The van der Waals surface area contributed by atoms with Crippen molar-refractivity contribution in [1.82, 2.24) is 10.2 Å². The molecule has 1 heterocycles. The van der Waals surface area contributed by atoms with Gasteiger partial charge in [-0.25, -0.2) is 0 Å². The maximum atomic E-state index is 12.0. The summed E-state index contributed by atoms with van der Waals surface area (Å²) in [7, 11) is 0. The fraction of sp³-hybridized carbons (Fsp3) is 0.176. The number of carbonyl (C=O) groups is 1. The van der Waals surface area contributed by atoms with Crippen LogP contribution in [0.15, 0.2) is 60.7 Å². The highest BCUT2D eigenvalue weighted by atomic mass is 32.1. The van der Waals surface area contributed by atoms with Crippen molar-refractivity contribution in [1.29, 1.82) is 0 Å². The molecule has 1 N–H and O–H groups in total. The van der Waals surface area contributed by atoms with Crippen molar-refractivity contribution in [3.8, 4) is 0 Å². The summed E-state index contributed by atoms with van der Waals surface area (Å²) in [4.78, 5) is 13.7. The van der Waals surface area contributed by atoms with Crippen molar-refractivity contribution in [3.05, 3.63) is 71.8 Å². The van der Waals surface area contributed by atoms with Crippen LogP contribution in [0, 0.1) is 0 Å². The lowest BCUT2D eigenvalue weighted by molar-refractivity contribution is -0.126. The van der Waals surface area contributed by atoms with E-state index in [0.717, 1.165) is 11.1 Å². The Bertz CT molecular complexity index is 657. The van der Waals surface area contributed by atoms with Crippen LogP contribution in [0.4, 0.5) is 0 Å². The number of rotatable bonds is 2. The predicted octanol–water partition coefficient (Wildman–Crippen LogP) is 3.21. The number of hydrogen-bond acceptors (Lipinski definition) is 2. The molecule has 2 aromatic rings. The molecule has 0 bridgehead atoms. The number of carbonyl (C=O) groups excluding carboxylic acids is 1. The van der Waals surface area contributed by atoms with Crippen LogP contribution in [-0.4, -0.2) is 15.9 Å². The van der Waals surface area contributed by atoms with Crippen molar-refractivity contribution in [2.45, 2.75) is 19.0 Å². The van der Waals surface area contributed by atoms with E-state index in [1.165, 1.54) is 0 Å². The lowest BCUT2D eigenvalue weighted by atomic mass is 9.94. The normalized spacial score (nSPS) is 21.2. The minimum atomic E-state index is -0.112. The van der Waals surface area contributed by atoms with Crippen molar-refractivity contribution in [3.63, 3.8) is 0 Å². The monoisotopic (exact) mass is 296 g/mol. The van der Waals surface area contributed by atoms with Gasteiger partial charge in [-0.2, -0.15) is 0 Å². The maximum absolute atomic E-state index is 12.0. The predicted molar refractivity (Wildman–Crippen MR) is 86.6 cm³/mol. The van der Waals surface area contributed by atoms with Crippen LogP contribution in [0.1, 0.15) is 30.1 Å². The molecular weight excluding hydrogens is 280 g/mol. The van der Waals surface area contributed by atoms with E-state index in [1.54, 1.807) is 11.8 Å². The molecule has 0 radical (unpaired) electrons. The number of amides is 1. The quantitative estimate of drug-likeness (QED) is 0.864. The number of nitrogens with zero attached hydrogens (tertiary/aromatic N) is 1. The van der Waals surface area contributed by atoms with Gasteiger partial charge in [-0.05, 0) is 23.3 Å². The standard InChI is InChI=1S/C17H16N2OS/c1-12(20)19-16(14-10-6-3-7-11-14)15(18-17(19)21)13-8-4-2-5-9-13/h2-11,15-16H,1H3,(H,18,21)/t15-,16-/m1/s1. The van der Waals surface area contributed by atoms with Crippen LogP contribution in [0.25, 0.3) is 0 Å². The second-order valence-electron chi connectivity index (χ2n) is 5.08. The highest BCUT2D eigenvalue weighted by Crippen LogP contribution is 2.38. The number of thiocarbonyl (C=S) groups is 1. The lowest BCUT2D eigenvalue weighted by Crippen LogP contribution is -2.33. The molecule has 1 fully saturated rings. The van der Waals surface area contributed by atoms with Gasteiger partial charge in [0.2, 0.25) is 5.91 Å². The Morgan fingerprint density at radius 3 is 2.05 bits per heavy atom. The third-order valence-corrected chi connectivity index (χ3v) is 4.05. The first-order valence-electron chi connectivity index (χ1n) is 6.88. The molecule has 0 saturated carbocycles. The van der Waals surface area contributed by atoms with Gasteiger partial charge in [0.25, 0.3) is 0 Å². The SMILES string of the molecule is CC(=O)N1C(=S)N[C@H](c2ccccc2)[C@H]1c1ccccc1. The highest BCUT2D eigenvalue weighted by molar-refractivity contribution is 7.80. The van der Waals surface area contributed by atoms with Crippen LogP contribution >= 0.6 is 12.2 Å². The third-order valence-electron chi connectivity index (χ3n) is 3.73. The average molecular weight is 296 g/mol. The fourth-order valence-electron chi connectivity index (χ4n) is 2.81. The van der Waals surface area contributed by atoms with Crippen molar-refractivity contribution in [2.75, 3.05) is 0 Å². The van der Waals surface area contributed by atoms with Gasteiger partial charge in [0.05, 0.1) is 12.1 Å². The van der Waals surface area contributed by atoms with E-state index in [4.69, 9.17) is 12.2 Å². The van der Waals surface area contributed by atoms with Gasteiger partial charge in [-0.1, -0.05) is 60.7 Å². The molecule has 1 saturated heterocycles. The van der Waals surface area contributed by atoms with Crippen molar-refractivity contribution in [2.24, 2.45) is 0 Å². The van der Waals surface area contributed by atoms with E-state index < -0.39 is 0 Å². The van der Waals surface area contributed by atoms with E-state index in [2.05, 4.69) is 17.4 Å². The van der Waals surface area contributed by atoms with Gasteiger partial charge in [-0.15, -0.1) is 0 Å². The van der Waals surface area contributed by atoms with Crippen LogP contribution in [0.3, 0.4) is 0 Å². The third kappa shape index (κ3) is 2.54. The zero-order valence-electron chi connectivity index (χ0n) is 11.7. The minimum absolute atomic E-state index is 0.0231. The molecule has 0 spiro atoms. The zero-order valence-corrected chi connectivity index (χ0v) is 12.5. The maximum Gasteiger partial charge on any atom is 0.226 e. The Morgan fingerprint density at radius 2 is 1.52 bits per heavy atom. The zero-order chi connectivity index (χ0) is 14.8. The summed E-state index contributed by atoms with van der Waals surface area (Å²) < 4.78 is 0. The van der Waals surface area contributed by atoms with E-state index in [-0.39, 0.29) is 18.0 Å².